The predicted octanol–water partition coefficient (Wildman–Crippen LogP) is 3.36. The van der Waals surface area contributed by atoms with Gasteiger partial charge in [0.15, 0.2) is 6.10 Å². The van der Waals surface area contributed by atoms with E-state index in [2.05, 4.69) is 24.1 Å². The summed E-state index contributed by atoms with van der Waals surface area (Å²) in [5.41, 5.74) is 0. The lowest BCUT2D eigenvalue weighted by Gasteiger charge is -2.39. The van der Waals surface area contributed by atoms with Crippen LogP contribution in [0, 0.1) is 5.92 Å². The zero-order valence-corrected chi connectivity index (χ0v) is 16.8. The molecule has 1 aromatic carbocycles. The molecule has 1 aliphatic rings. The highest BCUT2D eigenvalue weighted by Crippen LogP contribution is 2.20. The van der Waals surface area contributed by atoms with Crippen LogP contribution in [0.3, 0.4) is 0 Å². The van der Waals surface area contributed by atoms with Gasteiger partial charge in [0, 0.05) is 30.7 Å². The maximum absolute atomic E-state index is 12.5. The summed E-state index contributed by atoms with van der Waals surface area (Å²) in [5, 5.41) is 3.68. The molecule has 2 atom stereocenters. The van der Waals surface area contributed by atoms with E-state index in [1.807, 2.05) is 6.07 Å². The molecule has 1 fully saturated rings. The first kappa shape index (κ1) is 21.0. The van der Waals surface area contributed by atoms with Crippen molar-refractivity contribution in [3.8, 4) is 5.75 Å². The van der Waals surface area contributed by atoms with Gasteiger partial charge in [-0.3, -0.25) is 9.69 Å². The van der Waals surface area contributed by atoms with Crippen molar-refractivity contribution in [3.63, 3.8) is 0 Å². The van der Waals surface area contributed by atoms with Crippen LogP contribution in [-0.4, -0.2) is 55.8 Å². The Morgan fingerprint density at radius 1 is 1.31 bits per heavy atom. The number of nitrogens with one attached hydrogen (secondary N) is 1. The van der Waals surface area contributed by atoms with Crippen LogP contribution in [0.5, 0.6) is 5.75 Å². The van der Waals surface area contributed by atoms with Crippen LogP contribution in [0.25, 0.3) is 0 Å². The van der Waals surface area contributed by atoms with E-state index < -0.39 is 6.10 Å². The van der Waals surface area contributed by atoms with Crippen LogP contribution in [0.4, 0.5) is 0 Å². The summed E-state index contributed by atoms with van der Waals surface area (Å²) in [5.74, 6) is 1.05. The predicted molar refractivity (Wildman–Crippen MR) is 105 cm³/mol. The number of ether oxygens (including phenoxy) is 2. The van der Waals surface area contributed by atoms with Crippen LogP contribution in [0.2, 0.25) is 5.02 Å². The van der Waals surface area contributed by atoms with Gasteiger partial charge in [-0.1, -0.05) is 44.4 Å². The summed E-state index contributed by atoms with van der Waals surface area (Å²) in [6.45, 7) is 10.2. The second kappa shape index (κ2) is 10.8. The number of amides is 1. The molecule has 1 aliphatic heterocycles. The quantitative estimate of drug-likeness (QED) is 0.711. The summed E-state index contributed by atoms with van der Waals surface area (Å²) in [7, 11) is 0. The Morgan fingerprint density at radius 2 is 2.00 bits per heavy atom. The molecule has 0 aliphatic carbocycles. The molecule has 1 saturated heterocycles. The lowest BCUT2D eigenvalue weighted by atomic mass is 9.92. The number of morpholine rings is 1. The maximum Gasteiger partial charge on any atom is 0.260 e. The van der Waals surface area contributed by atoms with Crippen molar-refractivity contribution in [1.29, 1.82) is 0 Å². The number of hydrogen-bond acceptors (Lipinski definition) is 4. The number of benzene rings is 1. The van der Waals surface area contributed by atoms with Crippen LogP contribution in [0.1, 0.15) is 33.6 Å². The summed E-state index contributed by atoms with van der Waals surface area (Å²) in [6.07, 6.45) is 1.63. The van der Waals surface area contributed by atoms with Crippen LogP contribution in [0.15, 0.2) is 24.3 Å². The van der Waals surface area contributed by atoms with Gasteiger partial charge in [0.2, 0.25) is 0 Å². The van der Waals surface area contributed by atoms with Gasteiger partial charge in [0.25, 0.3) is 5.91 Å². The summed E-state index contributed by atoms with van der Waals surface area (Å²) in [6, 6.07) is 7.44. The van der Waals surface area contributed by atoms with Crippen molar-refractivity contribution in [1.82, 2.24) is 10.2 Å². The first-order valence-electron chi connectivity index (χ1n) is 9.56. The summed E-state index contributed by atoms with van der Waals surface area (Å²) < 4.78 is 11.2. The van der Waals surface area contributed by atoms with Gasteiger partial charge in [0.1, 0.15) is 5.75 Å². The van der Waals surface area contributed by atoms with E-state index >= 15 is 0 Å². The molecule has 146 valence electrons. The Labute approximate surface area is 162 Å². The van der Waals surface area contributed by atoms with E-state index in [-0.39, 0.29) is 5.91 Å². The topological polar surface area (TPSA) is 50.8 Å². The first-order valence-corrected chi connectivity index (χ1v) is 9.94. The van der Waals surface area contributed by atoms with Crippen LogP contribution < -0.4 is 10.1 Å². The highest BCUT2D eigenvalue weighted by atomic mass is 35.5. The highest BCUT2D eigenvalue weighted by molar-refractivity contribution is 6.30. The second-order valence-electron chi connectivity index (χ2n) is 6.75. The fourth-order valence-electron chi connectivity index (χ4n) is 3.48. The molecule has 1 heterocycles. The molecular weight excluding hydrogens is 352 g/mol. The monoisotopic (exact) mass is 382 g/mol. The Balaban J connectivity index is 1.92. The molecule has 0 radical (unpaired) electrons. The van der Waals surface area contributed by atoms with E-state index in [1.54, 1.807) is 25.1 Å². The van der Waals surface area contributed by atoms with E-state index in [1.165, 1.54) is 0 Å². The number of carbonyl (C=O) groups is 1. The highest BCUT2D eigenvalue weighted by Gasteiger charge is 2.28. The molecule has 1 aromatic rings. The minimum Gasteiger partial charge on any atom is -0.481 e. The molecular formula is C20H31ClN2O3. The number of nitrogens with zero attached hydrogens (tertiary/aromatic N) is 1. The number of carbonyl (C=O) groups excluding carboxylic acids is 1. The van der Waals surface area contributed by atoms with Crippen molar-refractivity contribution in [2.24, 2.45) is 5.92 Å². The lowest BCUT2D eigenvalue weighted by Crippen LogP contribution is -2.53. The minimum absolute atomic E-state index is 0.103. The van der Waals surface area contributed by atoms with Gasteiger partial charge in [-0.25, -0.2) is 0 Å². The SMILES string of the molecule is CCC(CC)C(CNC(=O)C(C)Oc1cccc(Cl)c1)N1CCOCC1. The standard InChI is InChI=1S/C20H31ClN2O3/c1-4-16(5-2)19(23-9-11-25-12-10-23)14-22-20(24)15(3)26-18-8-6-7-17(21)13-18/h6-8,13,15-16,19H,4-5,9-12,14H2,1-3H3,(H,22,24). The van der Waals surface area contributed by atoms with E-state index in [4.69, 9.17) is 21.1 Å². The Bertz CT molecular complexity index is 560. The third-order valence-corrected chi connectivity index (χ3v) is 5.31. The Kier molecular flexibility index (Phi) is 8.69. The number of hydrogen-bond donors (Lipinski definition) is 1. The summed E-state index contributed by atoms with van der Waals surface area (Å²) in [4.78, 5) is 15.0. The van der Waals surface area contributed by atoms with Gasteiger partial charge < -0.3 is 14.8 Å². The third-order valence-electron chi connectivity index (χ3n) is 5.07. The van der Waals surface area contributed by atoms with Crippen molar-refractivity contribution < 1.29 is 14.3 Å². The number of rotatable bonds is 9. The third kappa shape index (κ3) is 6.15. The van der Waals surface area contributed by atoms with Crippen LogP contribution in [-0.2, 0) is 9.53 Å². The first-order chi connectivity index (χ1) is 12.5. The molecule has 0 aromatic heterocycles. The molecule has 0 bridgehead atoms. The molecule has 0 saturated carbocycles. The van der Waals surface area contributed by atoms with E-state index in [9.17, 15) is 4.79 Å². The minimum atomic E-state index is -0.569. The molecule has 5 nitrogen and oxygen atoms in total. The smallest absolute Gasteiger partial charge is 0.260 e. The van der Waals surface area contributed by atoms with Gasteiger partial charge >= 0.3 is 0 Å². The fourth-order valence-corrected chi connectivity index (χ4v) is 3.66. The molecule has 1 N–H and O–H groups in total. The summed E-state index contributed by atoms with van der Waals surface area (Å²) >= 11 is 5.97. The van der Waals surface area contributed by atoms with Crippen molar-refractivity contribution >= 4 is 17.5 Å². The molecule has 26 heavy (non-hydrogen) atoms. The average molecular weight is 383 g/mol. The maximum atomic E-state index is 12.5. The Morgan fingerprint density at radius 3 is 2.62 bits per heavy atom. The molecule has 2 unspecified atom stereocenters. The van der Waals surface area contributed by atoms with Crippen molar-refractivity contribution in [2.45, 2.75) is 45.8 Å². The Hall–Kier alpha value is -1.30. The van der Waals surface area contributed by atoms with E-state index in [0.29, 0.717) is 29.3 Å². The fraction of sp³-hybridized carbons (Fsp3) is 0.650. The zero-order valence-electron chi connectivity index (χ0n) is 16.0. The van der Waals surface area contributed by atoms with Crippen molar-refractivity contribution in [2.75, 3.05) is 32.8 Å². The second-order valence-corrected chi connectivity index (χ2v) is 7.19. The van der Waals surface area contributed by atoms with Gasteiger partial charge in [-0.05, 0) is 31.0 Å². The molecule has 0 spiro atoms. The van der Waals surface area contributed by atoms with E-state index in [0.717, 1.165) is 39.1 Å². The zero-order chi connectivity index (χ0) is 18.9. The van der Waals surface area contributed by atoms with Gasteiger partial charge in [-0.2, -0.15) is 0 Å². The average Bonchev–Trinajstić information content (AvgIpc) is 2.65. The van der Waals surface area contributed by atoms with Gasteiger partial charge in [0.05, 0.1) is 13.2 Å². The van der Waals surface area contributed by atoms with Crippen molar-refractivity contribution in [3.05, 3.63) is 29.3 Å². The molecule has 6 heteroatoms. The molecule has 2 rings (SSSR count). The lowest BCUT2D eigenvalue weighted by molar-refractivity contribution is -0.127. The number of halogens is 1. The van der Waals surface area contributed by atoms with Crippen LogP contribution >= 0.6 is 11.6 Å². The van der Waals surface area contributed by atoms with Gasteiger partial charge in [-0.15, -0.1) is 0 Å². The normalized spacial score (nSPS) is 17.7. The molecule has 1 amide bonds. The largest absolute Gasteiger partial charge is 0.481 e.